The van der Waals surface area contributed by atoms with Crippen LogP contribution >= 0.6 is 0 Å². The van der Waals surface area contributed by atoms with Gasteiger partial charge in [-0.25, -0.2) is 9.18 Å². The number of nitrogens with one attached hydrogen (secondary N) is 2. The molecule has 154 valence electrons. The van der Waals surface area contributed by atoms with Crippen molar-refractivity contribution in [2.45, 2.75) is 57.3 Å². The Bertz CT molecular complexity index is 961. The van der Waals surface area contributed by atoms with E-state index in [1.807, 2.05) is 12.1 Å². The summed E-state index contributed by atoms with van der Waals surface area (Å²) in [5.41, 5.74) is 2.33. The molecule has 0 unspecified atom stereocenters. The molecule has 0 saturated heterocycles. The number of rotatable bonds is 2. The minimum absolute atomic E-state index is 0.160. The maximum Gasteiger partial charge on any atom is 0.319 e. The van der Waals surface area contributed by atoms with Crippen molar-refractivity contribution in [2.75, 3.05) is 5.32 Å². The predicted molar refractivity (Wildman–Crippen MR) is 105 cm³/mol. The van der Waals surface area contributed by atoms with Gasteiger partial charge in [-0.05, 0) is 49.9 Å². The van der Waals surface area contributed by atoms with E-state index in [1.165, 1.54) is 6.07 Å². The highest BCUT2D eigenvalue weighted by Gasteiger charge is 2.37. The van der Waals surface area contributed by atoms with Crippen LogP contribution in [0.4, 0.5) is 19.3 Å². The van der Waals surface area contributed by atoms with Crippen molar-refractivity contribution in [3.05, 3.63) is 58.7 Å². The van der Waals surface area contributed by atoms with Crippen molar-refractivity contribution in [3.8, 4) is 5.75 Å². The third kappa shape index (κ3) is 3.92. The number of benzene rings is 2. The predicted octanol–water partition coefficient (Wildman–Crippen LogP) is 4.24. The monoisotopic (exact) mass is 402 g/mol. The second-order valence-corrected chi connectivity index (χ2v) is 8.34. The van der Waals surface area contributed by atoms with Crippen LogP contribution in [0.5, 0.6) is 5.75 Å². The van der Waals surface area contributed by atoms with E-state index in [4.69, 9.17) is 4.74 Å². The lowest BCUT2D eigenvalue weighted by Gasteiger charge is -2.38. The number of fused-ring (bicyclic) bond motifs is 2. The third-order valence-corrected chi connectivity index (χ3v) is 5.54. The van der Waals surface area contributed by atoms with Gasteiger partial charge < -0.3 is 20.5 Å². The fraction of sp³-hybridized carbons (Fsp3) is 0.409. The van der Waals surface area contributed by atoms with E-state index >= 15 is 0 Å². The van der Waals surface area contributed by atoms with Gasteiger partial charge in [-0.1, -0.05) is 18.2 Å². The smallest absolute Gasteiger partial charge is 0.319 e. The lowest BCUT2D eigenvalue weighted by molar-refractivity contribution is 0.0619. The van der Waals surface area contributed by atoms with E-state index < -0.39 is 35.4 Å². The minimum Gasteiger partial charge on any atom is -0.484 e. The average Bonchev–Trinajstić information content (AvgIpc) is 2.65. The molecule has 0 aromatic heterocycles. The van der Waals surface area contributed by atoms with Crippen LogP contribution in [0.15, 0.2) is 30.3 Å². The summed E-state index contributed by atoms with van der Waals surface area (Å²) in [4.78, 5) is 12.7. The van der Waals surface area contributed by atoms with Gasteiger partial charge in [0.05, 0.1) is 12.1 Å². The number of aliphatic hydroxyl groups excluding tert-OH is 1. The minimum atomic E-state index is -1.05. The first-order valence-electron chi connectivity index (χ1n) is 9.77. The Hall–Kier alpha value is -2.67. The van der Waals surface area contributed by atoms with Gasteiger partial charge in [0.15, 0.2) is 11.6 Å². The Balaban J connectivity index is 1.56. The van der Waals surface area contributed by atoms with E-state index in [0.717, 1.165) is 23.6 Å². The van der Waals surface area contributed by atoms with Crippen LogP contribution < -0.4 is 15.4 Å². The van der Waals surface area contributed by atoms with Gasteiger partial charge in [-0.3, -0.25) is 0 Å². The molecule has 2 aromatic carbocycles. The molecular formula is C22H24F2N2O3. The number of halogens is 2. The Morgan fingerprint density at radius 1 is 1.24 bits per heavy atom. The Kier molecular flexibility index (Phi) is 4.94. The first-order chi connectivity index (χ1) is 13.7. The molecule has 0 spiro atoms. The van der Waals surface area contributed by atoms with E-state index in [9.17, 15) is 18.7 Å². The van der Waals surface area contributed by atoms with E-state index in [2.05, 4.69) is 10.6 Å². The van der Waals surface area contributed by atoms with Crippen LogP contribution in [0.1, 0.15) is 49.4 Å². The Labute approximate surface area is 168 Å². The van der Waals surface area contributed by atoms with Gasteiger partial charge in [0.1, 0.15) is 5.60 Å². The molecule has 2 aliphatic rings. The second-order valence-electron chi connectivity index (χ2n) is 8.34. The van der Waals surface area contributed by atoms with Crippen molar-refractivity contribution in [3.63, 3.8) is 0 Å². The fourth-order valence-electron chi connectivity index (χ4n) is 4.18. The molecule has 5 nitrogen and oxygen atoms in total. The van der Waals surface area contributed by atoms with Crippen molar-refractivity contribution >= 4 is 11.7 Å². The van der Waals surface area contributed by atoms with Crippen molar-refractivity contribution < 1.29 is 23.4 Å². The number of hydrogen-bond donors (Lipinski definition) is 3. The largest absolute Gasteiger partial charge is 0.484 e. The molecule has 0 bridgehead atoms. The number of carbonyl (C=O) groups excluding carboxylic acids is 1. The van der Waals surface area contributed by atoms with Gasteiger partial charge in [0.2, 0.25) is 5.82 Å². The van der Waals surface area contributed by atoms with Crippen LogP contribution in [0.3, 0.4) is 0 Å². The topological polar surface area (TPSA) is 70.6 Å². The zero-order valence-corrected chi connectivity index (χ0v) is 16.4. The zero-order chi connectivity index (χ0) is 20.8. The van der Waals surface area contributed by atoms with Gasteiger partial charge in [0, 0.05) is 24.1 Å². The van der Waals surface area contributed by atoms with Gasteiger partial charge >= 0.3 is 6.03 Å². The van der Waals surface area contributed by atoms with Crippen LogP contribution in [0.2, 0.25) is 0 Å². The van der Waals surface area contributed by atoms with Crippen molar-refractivity contribution in [2.24, 2.45) is 0 Å². The lowest BCUT2D eigenvalue weighted by Crippen LogP contribution is -2.43. The number of urea groups is 1. The van der Waals surface area contributed by atoms with E-state index in [-0.39, 0.29) is 5.75 Å². The Morgan fingerprint density at radius 3 is 2.83 bits per heavy atom. The number of hydrogen-bond acceptors (Lipinski definition) is 3. The fourth-order valence-corrected chi connectivity index (χ4v) is 4.18. The Morgan fingerprint density at radius 2 is 2.03 bits per heavy atom. The lowest BCUT2D eigenvalue weighted by atomic mass is 9.88. The molecule has 3 N–H and O–H groups in total. The molecular weight excluding hydrogens is 378 g/mol. The molecule has 2 amide bonds. The normalized spacial score (nSPS) is 22.1. The molecule has 2 aromatic rings. The van der Waals surface area contributed by atoms with Crippen molar-refractivity contribution in [1.82, 2.24) is 5.32 Å². The molecule has 4 rings (SSSR count). The molecule has 0 radical (unpaired) electrons. The maximum absolute atomic E-state index is 14.3. The molecule has 2 atom stereocenters. The first kappa shape index (κ1) is 19.6. The third-order valence-electron chi connectivity index (χ3n) is 5.54. The molecule has 1 aliphatic carbocycles. The highest BCUT2D eigenvalue weighted by Crippen LogP contribution is 2.41. The highest BCUT2D eigenvalue weighted by atomic mass is 19.2. The number of carbonyl (C=O) groups is 1. The maximum atomic E-state index is 14.3. The molecule has 0 fully saturated rings. The molecule has 29 heavy (non-hydrogen) atoms. The van der Waals surface area contributed by atoms with Crippen LogP contribution in [0, 0.1) is 11.6 Å². The molecule has 7 heteroatoms. The molecule has 0 saturated carbocycles. The summed E-state index contributed by atoms with van der Waals surface area (Å²) in [7, 11) is 0. The average molecular weight is 402 g/mol. The number of amides is 2. The standard InChI is InChI=1S/C22H24F2N2O3/c1-22(2)11-18(14-8-9-16(23)19(24)20(14)29-22)26-21(28)25-17-5-3-4-12-6-7-13(27)10-15(12)17/h3-5,8-9,13,18,27H,6-7,10-11H2,1-2H3,(H2,25,26,28)/t13-,18+/m0/s1. The number of anilines is 1. The first-order valence-corrected chi connectivity index (χ1v) is 9.77. The van der Waals surface area contributed by atoms with Crippen LogP contribution in [0.25, 0.3) is 0 Å². The molecule has 1 aliphatic heterocycles. The SMILES string of the molecule is CC1(C)C[C@@H](NC(=O)Nc2cccc3c2C[C@@H](O)CC3)c2ccc(F)c(F)c2O1. The van der Waals surface area contributed by atoms with Gasteiger partial charge in [0.25, 0.3) is 0 Å². The van der Waals surface area contributed by atoms with Crippen LogP contribution in [-0.2, 0) is 12.8 Å². The summed E-state index contributed by atoms with van der Waals surface area (Å²) in [6, 6.07) is 7.17. The zero-order valence-electron chi connectivity index (χ0n) is 16.4. The number of aryl methyl sites for hydroxylation is 1. The second kappa shape index (κ2) is 7.30. The quantitative estimate of drug-likeness (QED) is 0.704. The molecule has 1 heterocycles. The number of ether oxygens (including phenoxy) is 1. The van der Waals surface area contributed by atoms with E-state index in [1.54, 1.807) is 19.9 Å². The van der Waals surface area contributed by atoms with Gasteiger partial charge in [-0.15, -0.1) is 0 Å². The van der Waals surface area contributed by atoms with E-state index in [0.29, 0.717) is 30.5 Å². The van der Waals surface area contributed by atoms with Crippen LogP contribution in [-0.4, -0.2) is 22.8 Å². The number of aliphatic hydroxyl groups is 1. The summed E-state index contributed by atoms with van der Waals surface area (Å²) >= 11 is 0. The summed E-state index contributed by atoms with van der Waals surface area (Å²) < 4.78 is 33.5. The van der Waals surface area contributed by atoms with Gasteiger partial charge in [-0.2, -0.15) is 4.39 Å². The summed E-state index contributed by atoms with van der Waals surface area (Å²) in [6.45, 7) is 3.53. The summed E-state index contributed by atoms with van der Waals surface area (Å²) in [6.07, 6.45) is 1.95. The summed E-state index contributed by atoms with van der Waals surface area (Å²) in [5, 5.41) is 15.7. The summed E-state index contributed by atoms with van der Waals surface area (Å²) in [5.74, 6) is -2.19. The highest BCUT2D eigenvalue weighted by molar-refractivity contribution is 5.90. The van der Waals surface area contributed by atoms with Crippen molar-refractivity contribution in [1.29, 1.82) is 0 Å².